The van der Waals surface area contributed by atoms with Crippen molar-refractivity contribution in [2.45, 2.75) is 18.8 Å². The van der Waals surface area contributed by atoms with E-state index >= 15 is 0 Å². The first-order chi connectivity index (χ1) is 10.3. The molecule has 22 heavy (non-hydrogen) atoms. The molecule has 0 bridgehead atoms. The number of imidazole rings is 1. The van der Waals surface area contributed by atoms with Gasteiger partial charge < -0.3 is 19.7 Å². The minimum atomic E-state index is -4.75. The van der Waals surface area contributed by atoms with E-state index in [-0.39, 0.29) is 6.54 Å². The summed E-state index contributed by atoms with van der Waals surface area (Å²) in [6.45, 7) is -0.756. The topological polar surface area (TPSA) is 69.9 Å². The number of aliphatic hydroxyl groups is 1. The first-order valence-electron chi connectivity index (χ1n) is 6.43. The van der Waals surface area contributed by atoms with Gasteiger partial charge in [-0.1, -0.05) is 6.07 Å². The van der Waals surface area contributed by atoms with Crippen LogP contribution in [0.2, 0.25) is 0 Å². The number of fused-ring (bicyclic) bond motifs is 1. The van der Waals surface area contributed by atoms with E-state index in [0.717, 1.165) is 4.90 Å². The van der Waals surface area contributed by atoms with Crippen LogP contribution in [0.25, 0.3) is 5.65 Å². The molecule has 6 nitrogen and oxygen atoms in total. The highest BCUT2D eigenvalue weighted by Crippen LogP contribution is 2.20. The van der Waals surface area contributed by atoms with E-state index < -0.39 is 24.9 Å². The molecule has 2 aromatic heterocycles. The van der Waals surface area contributed by atoms with Gasteiger partial charge in [-0.2, -0.15) is 13.2 Å². The van der Waals surface area contributed by atoms with E-state index in [9.17, 15) is 18.0 Å². The molecule has 2 heterocycles. The molecule has 0 spiro atoms. The van der Waals surface area contributed by atoms with Crippen molar-refractivity contribution >= 4 is 11.7 Å². The lowest BCUT2D eigenvalue weighted by atomic mass is 10.3. The maximum atomic E-state index is 12.2. The Morgan fingerprint density at radius 2 is 2.23 bits per heavy atom. The van der Waals surface area contributed by atoms with Gasteiger partial charge in [0.2, 0.25) is 0 Å². The van der Waals surface area contributed by atoms with Crippen molar-refractivity contribution < 1.29 is 23.1 Å². The van der Waals surface area contributed by atoms with E-state index in [0.29, 0.717) is 11.3 Å². The normalized spacial score (nSPS) is 13.1. The quantitative estimate of drug-likeness (QED) is 0.896. The highest BCUT2D eigenvalue weighted by Gasteiger charge is 2.39. The molecule has 0 aromatic carbocycles. The standard InChI is InChI=1S/C13H15F3N4O2/c1-19(8-10(21)13(14,15)16)12(22)17-6-9-7-20-5-3-2-4-11(20)18-9/h2-5,7,10,21H,6,8H2,1H3,(H,17,22)/t10-/m1/s1. The first kappa shape index (κ1) is 16.1. The fraction of sp³-hybridized carbons (Fsp3) is 0.385. The number of aromatic nitrogens is 2. The van der Waals surface area contributed by atoms with E-state index in [1.165, 1.54) is 7.05 Å². The molecular formula is C13H15F3N4O2. The van der Waals surface area contributed by atoms with Crippen LogP contribution in [0.5, 0.6) is 0 Å². The molecule has 2 rings (SSSR count). The van der Waals surface area contributed by atoms with E-state index in [1.54, 1.807) is 22.9 Å². The SMILES string of the molecule is CN(C[C@@H](O)C(F)(F)F)C(=O)NCc1cn2ccccc2n1. The van der Waals surface area contributed by atoms with Crippen molar-refractivity contribution in [1.29, 1.82) is 0 Å². The van der Waals surface area contributed by atoms with Gasteiger partial charge in [0, 0.05) is 19.4 Å². The molecule has 0 fully saturated rings. The van der Waals surface area contributed by atoms with Crippen molar-refractivity contribution in [2.75, 3.05) is 13.6 Å². The monoisotopic (exact) mass is 316 g/mol. The number of likely N-dealkylation sites (N-methyl/N-ethyl adjacent to an activating group) is 1. The number of carbonyl (C=O) groups is 1. The van der Waals surface area contributed by atoms with Crippen LogP contribution in [-0.4, -0.2) is 51.3 Å². The number of nitrogens with zero attached hydrogens (tertiary/aromatic N) is 3. The number of pyridine rings is 1. The Hall–Kier alpha value is -2.29. The summed E-state index contributed by atoms with van der Waals surface area (Å²) in [6.07, 6.45) is -3.83. The zero-order chi connectivity index (χ0) is 16.3. The predicted molar refractivity (Wildman–Crippen MR) is 72.1 cm³/mol. The lowest BCUT2D eigenvalue weighted by molar-refractivity contribution is -0.205. The van der Waals surface area contributed by atoms with Crippen LogP contribution in [-0.2, 0) is 6.54 Å². The van der Waals surface area contributed by atoms with Crippen LogP contribution in [0.4, 0.5) is 18.0 Å². The van der Waals surface area contributed by atoms with Crippen molar-refractivity contribution in [3.05, 3.63) is 36.3 Å². The molecule has 0 unspecified atom stereocenters. The maximum absolute atomic E-state index is 12.2. The van der Waals surface area contributed by atoms with E-state index in [2.05, 4.69) is 10.3 Å². The highest BCUT2D eigenvalue weighted by molar-refractivity contribution is 5.73. The van der Waals surface area contributed by atoms with Crippen LogP contribution in [0, 0.1) is 0 Å². The molecule has 0 saturated heterocycles. The average molecular weight is 316 g/mol. The van der Waals surface area contributed by atoms with E-state index in [4.69, 9.17) is 5.11 Å². The summed E-state index contributed by atoms with van der Waals surface area (Å²) < 4.78 is 38.4. The number of hydrogen-bond acceptors (Lipinski definition) is 3. The molecule has 0 radical (unpaired) electrons. The molecule has 0 aliphatic carbocycles. The zero-order valence-electron chi connectivity index (χ0n) is 11.7. The van der Waals surface area contributed by atoms with Crippen molar-refractivity contribution in [3.8, 4) is 0 Å². The lowest BCUT2D eigenvalue weighted by Crippen LogP contribution is -2.45. The van der Waals surface area contributed by atoms with Gasteiger partial charge in [0.05, 0.1) is 18.8 Å². The van der Waals surface area contributed by atoms with Crippen LogP contribution in [0.3, 0.4) is 0 Å². The van der Waals surface area contributed by atoms with Gasteiger partial charge in [-0.25, -0.2) is 9.78 Å². The van der Waals surface area contributed by atoms with Gasteiger partial charge >= 0.3 is 12.2 Å². The molecule has 9 heteroatoms. The Labute approximate surface area is 124 Å². The van der Waals surface area contributed by atoms with Crippen molar-refractivity contribution in [2.24, 2.45) is 0 Å². The predicted octanol–water partition coefficient (Wildman–Crippen LogP) is 1.40. The van der Waals surface area contributed by atoms with Crippen LogP contribution in [0.1, 0.15) is 5.69 Å². The van der Waals surface area contributed by atoms with Crippen LogP contribution in [0.15, 0.2) is 30.6 Å². The van der Waals surface area contributed by atoms with Gasteiger partial charge in [-0.15, -0.1) is 0 Å². The molecule has 0 aliphatic rings. The van der Waals surface area contributed by atoms with Gasteiger partial charge in [0.1, 0.15) is 5.65 Å². The first-order valence-corrected chi connectivity index (χ1v) is 6.43. The molecule has 2 aromatic rings. The largest absolute Gasteiger partial charge is 0.416 e. The molecule has 120 valence electrons. The Morgan fingerprint density at radius 3 is 2.86 bits per heavy atom. The summed E-state index contributed by atoms with van der Waals surface area (Å²) in [4.78, 5) is 16.7. The molecule has 1 atom stereocenters. The lowest BCUT2D eigenvalue weighted by Gasteiger charge is -2.22. The second kappa shape index (κ2) is 6.22. The minimum Gasteiger partial charge on any atom is -0.382 e. The Balaban J connectivity index is 1.89. The third-order valence-corrected chi connectivity index (χ3v) is 3.01. The number of halogens is 3. The molecule has 2 amide bonds. The van der Waals surface area contributed by atoms with Crippen LogP contribution < -0.4 is 5.32 Å². The van der Waals surface area contributed by atoms with Gasteiger partial charge in [-0.05, 0) is 12.1 Å². The zero-order valence-corrected chi connectivity index (χ0v) is 11.7. The van der Waals surface area contributed by atoms with Gasteiger partial charge in [0.25, 0.3) is 0 Å². The number of aliphatic hydroxyl groups excluding tert-OH is 1. The number of urea groups is 1. The molecule has 2 N–H and O–H groups in total. The summed E-state index contributed by atoms with van der Waals surface area (Å²) >= 11 is 0. The number of alkyl halides is 3. The Morgan fingerprint density at radius 1 is 1.50 bits per heavy atom. The number of hydrogen-bond donors (Lipinski definition) is 2. The summed E-state index contributed by atoms with van der Waals surface area (Å²) in [5, 5.41) is 11.4. The smallest absolute Gasteiger partial charge is 0.382 e. The Bertz CT molecular complexity index is 623. The summed E-state index contributed by atoms with van der Waals surface area (Å²) in [5.41, 5.74) is 1.27. The third-order valence-electron chi connectivity index (χ3n) is 3.01. The summed E-state index contributed by atoms with van der Waals surface area (Å²) in [5.74, 6) is 0. The second-order valence-electron chi connectivity index (χ2n) is 4.79. The fourth-order valence-corrected chi connectivity index (χ4v) is 1.82. The van der Waals surface area contributed by atoms with Gasteiger partial charge in [0.15, 0.2) is 6.10 Å². The molecular weight excluding hydrogens is 301 g/mol. The number of carbonyl (C=O) groups excluding carboxylic acids is 1. The third kappa shape index (κ3) is 3.88. The average Bonchev–Trinajstić information content (AvgIpc) is 2.86. The highest BCUT2D eigenvalue weighted by atomic mass is 19.4. The summed E-state index contributed by atoms with van der Waals surface area (Å²) in [6, 6.07) is 4.71. The fourth-order valence-electron chi connectivity index (χ4n) is 1.82. The number of rotatable bonds is 4. The van der Waals surface area contributed by atoms with E-state index in [1.807, 2.05) is 12.1 Å². The maximum Gasteiger partial charge on any atom is 0.416 e. The summed E-state index contributed by atoms with van der Waals surface area (Å²) in [7, 11) is 1.17. The van der Waals surface area contributed by atoms with Crippen molar-refractivity contribution in [1.82, 2.24) is 19.6 Å². The minimum absolute atomic E-state index is 0.0764. The van der Waals surface area contributed by atoms with Crippen LogP contribution >= 0.6 is 0 Å². The molecule has 0 aliphatic heterocycles. The second-order valence-corrected chi connectivity index (χ2v) is 4.79. The van der Waals surface area contributed by atoms with Crippen molar-refractivity contribution in [3.63, 3.8) is 0 Å². The number of amides is 2. The molecule has 0 saturated carbocycles. The Kier molecular flexibility index (Phi) is 4.55. The van der Waals surface area contributed by atoms with Gasteiger partial charge in [-0.3, -0.25) is 0 Å². The number of nitrogens with one attached hydrogen (secondary N) is 1.